The van der Waals surface area contributed by atoms with Crippen molar-refractivity contribution in [2.45, 2.75) is 0 Å². The average Bonchev–Trinajstić information content (AvgIpc) is 2.41. The molecule has 2 N–H and O–H groups in total. The monoisotopic (exact) mass is 296 g/mol. The number of nitrogens with zero attached hydrogens (tertiary/aromatic N) is 1. The largest absolute Gasteiger partial charge is 0.465 e. The van der Waals surface area contributed by atoms with E-state index in [4.69, 9.17) is 33.7 Å². The molecule has 0 aliphatic carbocycles. The van der Waals surface area contributed by atoms with E-state index < -0.39 is 5.97 Å². The highest BCUT2D eigenvalue weighted by molar-refractivity contribution is 6.42. The average molecular weight is 297 g/mol. The molecule has 0 saturated heterocycles. The second-order valence-corrected chi connectivity index (χ2v) is 4.60. The van der Waals surface area contributed by atoms with Crippen molar-refractivity contribution in [3.8, 4) is 11.3 Å². The van der Waals surface area contributed by atoms with E-state index in [9.17, 15) is 4.79 Å². The lowest BCUT2D eigenvalue weighted by atomic mass is 10.1. The molecule has 6 heteroatoms. The van der Waals surface area contributed by atoms with E-state index >= 15 is 0 Å². The van der Waals surface area contributed by atoms with Crippen LogP contribution in [-0.2, 0) is 4.74 Å². The maximum atomic E-state index is 11.7. The topological polar surface area (TPSA) is 65.2 Å². The van der Waals surface area contributed by atoms with Gasteiger partial charge in [-0.05, 0) is 18.2 Å². The molecule has 0 aliphatic heterocycles. The maximum absolute atomic E-state index is 11.7. The molecule has 19 heavy (non-hydrogen) atoms. The van der Waals surface area contributed by atoms with Crippen molar-refractivity contribution in [3.05, 3.63) is 46.1 Å². The van der Waals surface area contributed by atoms with Gasteiger partial charge in [0.25, 0.3) is 0 Å². The minimum atomic E-state index is -0.513. The summed E-state index contributed by atoms with van der Waals surface area (Å²) in [6, 6.07) is 6.50. The minimum Gasteiger partial charge on any atom is -0.465 e. The SMILES string of the molecule is COC(=O)c1cc(N)cnc1-c1ccc(Cl)c(Cl)c1. The molecule has 2 rings (SSSR count). The number of hydrogen-bond donors (Lipinski definition) is 1. The Bertz CT molecular complexity index is 645. The standard InChI is InChI=1S/C13H10Cl2N2O2/c1-19-13(18)9-5-8(16)6-17-12(9)7-2-3-10(14)11(15)4-7/h2-6H,16H2,1H3. The number of pyridine rings is 1. The normalized spacial score (nSPS) is 10.3. The molecule has 0 aliphatic rings. The summed E-state index contributed by atoms with van der Waals surface area (Å²) in [5.41, 5.74) is 7.40. The molecule has 0 amide bonds. The number of benzene rings is 1. The summed E-state index contributed by atoms with van der Waals surface area (Å²) in [5, 5.41) is 0.814. The number of carbonyl (C=O) groups is 1. The van der Waals surface area contributed by atoms with Crippen LogP contribution in [0.15, 0.2) is 30.5 Å². The molecule has 2 aromatic rings. The lowest BCUT2D eigenvalue weighted by Crippen LogP contribution is -2.06. The molecule has 0 saturated carbocycles. The van der Waals surface area contributed by atoms with E-state index in [2.05, 4.69) is 4.98 Å². The Kier molecular flexibility index (Phi) is 3.93. The molecule has 98 valence electrons. The van der Waals surface area contributed by atoms with Crippen molar-refractivity contribution in [2.75, 3.05) is 12.8 Å². The molecule has 0 bridgehead atoms. The van der Waals surface area contributed by atoms with Crippen molar-refractivity contribution in [2.24, 2.45) is 0 Å². The zero-order valence-corrected chi connectivity index (χ0v) is 11.5. The van der Waals surface area contributed by atoms with Crippen LogP contribution in [0.3, 0.4) is 0 Å². The maximum Gasteiger partial charge on any atom is 0.340 e. The van der Waals surface area contributed by atoms with E-state index in [0.717, 1.165) is 0 Å². The van der Waals surface area contributed by atoms with Crippen LogP contribution in [0.1, 0.15) is 10.4 Å². The van der Waals surface area contributed by atoms with Crippen molar-refractivity contribution in [1.82, 2.24) is 4.98 Å². The zero-order chi connectivity index (χ0) is 14.0. The van der Waals surface area contributed by atoms with Gasteiger partial charge in [-0.15, -0.1) is 0 Å². The van der Waals surface area contributed by atoms with E-state index in [1.54, 1.807) is 18.2 Å². The van der Waals surface area contributed by atoms with Crippen molar-refractivity contribution in [1.29, 1.82) is 0 Å². The Morgan fingerprint density at radius 2 is 2.00 bits per heavy atom. The number of esters is 1. The number of aromatic nitrogens is 1. The molecular formula is C13H10Cl2N2O2. The quantitative estimate of drug-likeness (QED) is 0.862. The van der Waals surface area contributed by atoms with Gasteiger partial charge < -0.3 is 10.5 Å². The molecule has 1 heterocycles. The van der Waals surface area contributed by atoms with Crippen LogP contribution >= 0.6 is 23.2 Å². The summed E-state index contributed by atoms with van der Waals surface area (Å²) < 4.78 is 4.71. The van der Waals surface area contributed by atoms with Gasteiger partial charge in [0.1, 0.15) is 0 Å². The fourth-order valence-corrected chi connectivity index (χ4v) is 1.92. The Morgan fingerprint density at radius 1 is 1.26 bits per heavy atom. The second-order valence-electron chi connectivity index (χ2n) is 3.79. The van der Waals surface area contributed by atoms with Crippen molar-refractivity contribution < 1.29 is 9.53 Å². The van der Waals surface area contributed by atoms with Gasteiger partial charge in [0.05, 0.1) is 40.3 Å². The highest BCUT2D eigenvalue weighted by atomic mass is 35.5. The lowest BCUT2D eigenvalue weighted by molar-refractivity contribution is 0.0601. The first-order valence-corrected chi connectivity index (χ1v) is 6.07. The summed E-state index contributed by atoms with van der Waals surface area (Å²) in [5.74, 6) is -0.513. The van der Waals surface area contributed by atoms with Crippen LogP contribution in [0.25, 0.3) is 11.3 Å². The third kappa shape index (κ3) is 2.80. The van der Waals surface area contributed by atoms with Gasteiger partial charge in [0, 0.05) is 5.56 Å². The summed E-state index contributed by atoms with van der Waals surface area (Å²) >= 11 is 11.8. The summed E-state index contributed by atoms with van der Waals surface area (Å²) in [7, 11) is 1.30. The molecule has 0 fully saturated rings. The van der Waals surface area contributed by atoms with Gasteiger partial charge in [-0.25, -0.2) is 4.79 Å². The van der Waals surface area contributed by atoms with E-state index in [-0.39, 0.29) is 5.56 Å². The predicted octanol–water partition coefficient (Wildman–Crippen LogP) is 3.42. The third-order valence-corrected chi connectivity index (χ3v) is 3.25. The molecule has 0 unspecified atom stereocenters. The van der Waals surface area contributed by atoms with Gasteiger partial charge in [-0.1, -0.05) is 29.3 Å². The number of rotatable bonds is 2. The molecule has 0 spiro atoms. The minimum absolute atomic E-state index is 0.279. The van der Waals surface area contributed by atoms with Crippen molar-refractivity contribution >= 4 is 34.9 Å². The van der Waals surface area contributed by atoms with Crippen LogP contribution < -0.4 is 5.73 Å². The number of ether oxygens (including phenoxy) is 1. The van der Waals surface area contributed by atoms with Crippen LogP contribution in [0.2, 0.25) is 10.0 Å². The first-order chi connectivity index (χ1) is 9.02. The molecule has 1 aromatic heterocycles. The van der Waals surface area contributed by atoms with E-state index in [1.807, 2.05) is 0 Å². The summed E-state index contributed by atoms with van der Waals surface area (Å²) in [6.45, 7) is 0. The van der Waals surface area contributed by atoms with Gasteiger partial charge in [-0.3, -0.25) is 4.98 Å². The van der Waals surface area contributed by atoms with Crippen molar-refractivity contribution in [3.63, 3.8) is 0 Å². The number of anilines is 1. The Morgan fingerprint density at radius 3 is 2.63 bits per heavy atom. The van der Waals surface area contributed by atoms with Crippen LogP contribution in [0.4, 0.5) is 5.69 Å². The Balaban J connectivity index is 2.61. The third-order valence-electron chi connectivity index (χ3n) is 2.51. The lowest BCUT2D eigenvalue weighted by Gasteiger charge is -2.08. The number of nitrogens with two attached hydrogens (primary N) is 1. The molecule has 0 radical (unpaired) electrons. The second kappa shape index (κ2) is 5.47. The molecule has 4 nitrogen and oxygen atoms in total. The summed E-state index contributed by atoms with van der Waals surface area (Å²) in [6.07, 6.45) is 1.46. The molecule has 0 atom stereocenters. The first kappa shape index (κ1) is 13.6. The fourth-order valence-electron chi connectivity index (χ4n) is 1.62. The van der Waals surface area contributed by atoms with E-state index in [1.165, 1.54) is 19.4 Å². The van der Waals surface area contributed by atoms with Gasteiger partial charge >= 0.3 is 5.97 Å². The fraction of sp³-hybridized carbons (Fsp3) is 0.0769. The summed E-state index contributed by atoms with van der Waals surface area (Å²) in [4.78, 5) is 15.9. The molecule has 1 aromatic carbocycles. The Labute approximate surface area is 120 Å². The first-order valence-electron chi connectivity index (χ1n) is 5.32. The van der Waals surface area contributed by atoms with Gasteiger partial charge in [-0.2, -0.15) is 0 Å². The Hall–Kier alpha value is -1.78. The number of nitrogen functional groups attached to an aromatic ring is 1. The zero-order valence-electron chi connectivity index (χ0n) is 9.98. The van der Waals surface area contributed by atoms with E-state index in [0.29, 0.717) is 27.0 Å². The van der Waals surface area contributed by atoms with Crippen LogP contribution in [0.5, 0.6) is 0 Å². The number of halogens is 2. The van der Waals surface area contributed by atoms with Gasteiger partial charge in [0.2, 0.25) is 0 Å². The highest BCUT2D eigenvalue weighted by Crippen LogP contribution is 2.30. The number of methoxy groups -OCH3 is 1. The number of hydrogen-bond acceptors (Lipinski definition) is 4. The smallest absolute Gasteiger partial charge is 0.340 e. The van der Waals surface area contributed by atoms with Crippen LogP contribution in [-0.4, -0.2) is 18.1 Å². The number of carbonyl (C=O) groups excluding carboxylic acids is 1. The highest BCUT2D eigenvalue weighted by Gasteiger charge is 2.16. The van der Waals surface area contributed by atoms with Gasteiger partial charge in [0.15, 0.2) is 0 Å². The predicted molar refractivity (Wildman–Crippen MR) is 75.4 cm³/mol. The molecular weight excluding hydrogens is 287 g/mol. The van der Waals surface area contributed by atoms with Crippen LogP contribution in [0, 0.1) is 0 Å².